The predicted molar refractivity (Wildman–Crippen MR) is 54.6 cm³/mol. The molecule has 1 unspecified atom stereocenters. The van der Waals surface area contributed by atoms with Gasteiger partial charge in [-0.15, -0.1) is 0 Å². The molecule has 2 N–H and O–H groups in total. The van der Waals surface area contributed by atoms with Crippen LogP contribution in [0.5, 0.6) is 0 Å². The summed E-state index contributed by atoms with van der Waals surface area (Å²) in [5, 5.41) is 0. The van der Waals surface area contributed by atoms with Crippen molar-refractivity contribution in [3.63, 3.8) is 0 Å². The molecule has 0 aliphatic carbocycles. The van der Waals surface area contributed by atoms with Gasteiger partial charge < -0.3 is 15.4 Å². The van der Waals surface area contributed by atoms with Crippen molar-refractivity contribution in [1.82, 2.24) is 4.90 Å². The van der Waals surface area contributed by atoms with Crippen molar-refractivity contribution in [2.75, 3.05) is 20.6 Å². The molecule has 1 atom stereocenters. The summed E-state index contributed by atoms with van der Waals surface area (Å²) in [7, 11) is 3.71. The van der Waals surface area contributed by atoms with Crippen LogP contribution in [0.3, 0.4) is 0 Å². The maximum absolute atomic E-state index is 10.3. The average Bonchev–Trinajstić information content (AvgIpc) is 2.11. The molecule has 76 valence electrons. The maximum Gasteiger partial charge on any atom is 0.190 e. The van der Waals surface area contributed by atoms with Crippen molar-refractivity contribution in [2.45, 2.75) is 19.8 Å². The molecule has 0 aromatic carbocycles. The van der Waals surface area contributed by atoms with Gasteiger partial charge in [-0.3, -0.25) is 4.99 Å². The number of hydrogen-bond donors (Lipinski definition) is 1. The summed E-state index contributed by atoms with van der Waals surface area (Å²) in [6.45, 7) is 2.61. The Morgan fingerprint density at radius 3 is 2.69 bits per heavy atom. The molecule has 0 aromatic heterocycles. The zero-order valence-electron chi connectivity index (χ0n) is 8.66. The third kappa shape index (κ3) is 6.13. The quantitative estimate of drug-likeness (QED) is 0.293. The van der Waals surface area contributed by atoms with Gasteiger partial charge in [-0.1, -0.05) is 6.92 Å². The van der Waals surface area contributed by atoms with E-state index in [1.165, 1.54) is 0 Å². The van der Waals surface area contributed by atoms with Crippen LogP contribution in [0.15, 0.2) is 4.99 Å². The van der Waals surface area contributed by atoms with Crippen molar-refractivity contribution in [1.29, 1.82) is 0 Å². The fraction of sp³-hybridized carbons (Fsp3) is 0.778. The van der Waals surface area contributed by atoms with Crippen molar-refractivity contribution < 1.29 is 4.79 Å². The van der Waals surface area contributed by atoms with Gasteiger partial charge >= 0.3 is 0 Å². The summed E-state index contributed by atoms with van der Waals surface area (Å²) in [4.78, 5) is 16.2. The molecule has 13 heavy (non-hydrogen) atoms. The maximum atomic E-state index is 10.3. The number of nitrogens with zero attached hydrogens (tertiary/aromatic N) is 2. The Bertz CT molecular complexity index is 178. The monoisotopic (exact) mass is 185 g/mol. The Kier molecular flexibility index (Phi) is 5.93. The van der Waals surface area contributed by atoms with E-state index in [0.29, 0.717) is 12.5 Å². The first-order valence-electron chi connectivity index (χ1n) is 4.50. The Hall–Kier alpha value is -1.06. The molecule has 0 saturated carbocycles. The van der Waals surface area contributed by atoms with E-state index in [-0.39, 0.29) is 5.92 Å². The minimum atomic E-state index is 0.135. The summed E-state index contributed by atoms with van der Waals surface area (Å²) >= 11 is 0. The van der Waals surface area contributed by atoms with E-state index in [2.05, 4.69) is 4.99 Å². The molecule has 0 fully saturated rings. The zero-order chi connectivity index (χ0) is 10.3. The van der Waals surface area contributed by atoms with Crippen molar-refractivity contribution in [3.8, 4) is 0 Å². The van der Waals surface area contributed by atoms with Gasteiger partial charge in [0.15, 0.2) is 5.96 Å². The van der Waals surface area contributed by atoms with Crippen LogP contribution in [0.25, 0.3) is 0 Å². The highest BCUT2D eigenvalue weighted by Crippen LogP contribution is 2.01. The number of aldehydes is 1. The van der Waals surface area contributed by atoms with Gasteiger partial charge in [0.2, 0.25) is 0 Å². The summed E-state index contributed by atoms with van der Waals surface area (Å²) < 4.78 is 0. The van der Waals surface area contributed by atoms with Crippen LogP contribution >= 0.6 is 0 Å². The number of carbonyl (C=O) groups excluding carboxylic acids is 1. The standard InChI is InChI=1S/C9H19N3O/c1-8(7-13)5-4-6-11-9(10)12(2)3/h7-8H,4-6H2,1-3H3,(H2,10,11). The number of carbonyl (C=O) groups is 1. The van der Waals surface area contributed by atoms with E-state index in [9.17, 15) is 4.79 Å². The first-order valence-corrected chi connectivity index (χ1v) is 4.50. The van der Waals surface area contributed by atoms with Crippen molar-refractivity contribution >= 4 is 12.2 Å². The van der Waals surface area contributed by atoms with Crippen LogP contribution in [0.1, 0.15) is 19.8 Å². The Morgan fingerprint density at radius 1 is 1.62 bits per heavy atom. The molecule has 4 nitrogen and oxygen atoms in total. The molecule has 4 heteroatoms. The minimum absolute atomic E-state index is 0.135. The van der Waals surface area contributed by atoms with E-state index in [0.717, 1.165) is 19.1 Å². The first kappa shape index (κ1) is 11.9. The second kappa shape index (κ2) is 6.46. The largest absolute Gasteiger partial charge is 0.370 e. The molecular weight excluding hydrogens is 166 g/mol. The van der Waals surface area contributed by atoms with Gasteiger partial charge in [-0.2, -0.15) is 0 Å². The van der Waals surface area contributed by atoms with Crippen LogP contribution in [-0.2, 0) is 4.79 Å². The molecule has 0 aliphatic heterocycles. The molecule has 0 rings (SSSR count). The van der Waals surface area contributed by atoms with E-state index in [4.69, 9.17) is 5.73 Å². The van der Waals surface area contributed by atoms with Crippen LogP contribution in [0.2, 0.25) is 0 Å². The molecule has 0 radical (unpaired) electrons. The average molecular weight is 185 g/mol. The molecule has 0 saturated heterocycles. The van der Waals surface area contributed by atoms with Crippen LogP contribution in [-0.4, -0.2) is 37.8 Å². The van der Waals surface area contributed by atoms with Crippen LogP contribution in [0.4, 0.5) is 0 Å². The van der Waals surface area contributed by atoms with Gasteiger partial charge in [-0.25, -0.2) is 0 Å². The second-order valence-corrected chi connectivity index (χ2v) is 3.39. The number of aliphatic imine (C=N–C) groups is 1. The lowest BCUT2D eigenvalue weighted by Gasteiger charge is -2.10. The Labute approximate surface area is 79.8 Å². The van der Waals surface area contributed by atoms with Gasteiger partial charge in [-0.05, 0) is 12.8 Å². The normalized spacial score (nSPS) is 13.9. The highest BCUT2D eigenvalue weighted by Gasteiger charge is 1.98. The smallest absolute Gasteiger partial charge is 0.190 e. The summed E-state index contributed by atoms with van der Waals surface area (Å²) in [5.41, 5.74) is 5.57. The molecule has 0 aliphatic rings. The lowest BCUT2D eigenvalue weighted by atomic mass is 10.1. The van der Waals surface area contributed by atoms with Gasteiger partial charge in [0.25, 0.3) is 0 Å². The fourth-order valence-corrected chi connectivity index (χ4v) is 0.816. The van der Waals surface area contributed by atoms with Gasteiger partial charge in [0.05, 0.1) is 0 Å². The van der Waals surface area contributed by atoms with E-state index in [1.54, 1.807) is 4.90 Å². The number of nitrogens with two attached hydrogens (primary N) is 1. The number of rotatable bonds is 5. The van der Waals surface area contributed by atoms with Crippen molar-refractivity contribution in [2.24, 2.45) is 16.6 Å². The topological polar surface area (TPSA) is 58.7 Å². The van der Waals surface area contributed by atoms with Gasteiger partial charge in [0, 0.05) is 26.6 Å². The molecule has 0 bridgehead atoms. The molecule has 0 aromatic rings. The zero-order valence-corrected chi connectivity index (χ0v) is 8.66. The summed E-state index contributed by atoms with van der Waals surface area (Å²) in [6, 6.07) is 0. The van der Waals surface area contributed by atoms with Gasteiger partial charge in [0.1, 0.15) is 6.29 Å². The predicted octanol–water partition coefficient (Wildman–Crippen LogP) is 0.478. The lowest BCUT2D eigenvalue weighted by molar-refractivity contribution is -0.110. The second-order valence-electron chi connectivity index (χ2n) is 3.39. The highest BCUT2D eigenvalue weighted by atomic mass is 16.1. The molecule has 0 amide bonds. The lowest BCUT2D eigenvalue weighted by Crippen LogP contribution is -2.30. The number of guanidine groups is 1. The number of hydrogen-bond acceptors (Lipinski definition) is 2. The SMILES string of the molecule is CC(C=O)CCCN=C(N)N(C)C. The molecular formula is C9H19N3O. The van der Waals surface area contributed by atoms with E-state index < -0.39 is 0 Å². The Balaban J connectivity index is 3.55. The van der Waals surface area contributed by atoms with E-state index in [1.807, 2.05) is 21.0 Å². The first-order chi connectivity index (χ1) is 6.07. The fourth-order valence-electron chi connectivity index (χ4n) is 0.816. The summed E-state index contributed by atoms with van der Waals surface area (Å²) in [6.07, 6.45) is 2.77. The third-order valence-corrected chi connectivity index (χ3v) is 1.78. The summed E-state index contributed by atoms with van der Waals surface area (Å²) in [5.74, 6) is 0.675. The van der Waals surface area contributed by atoms with Crippen molar-refractivity contribution in [3.05, 3.63) is 0 Å². The van der Waals surface area contributed by atoms with E-state index >= 15 is 0 Å². The minimum Gasteiger partial charge on any atom is -0.370 e. The molecule has 0 heterocycles. The Morgan fingerprint density at radius 2 is 2.23 bits per heavy atom. The highest BCUT2D eigenvalue weighted by molar-refractivity contribution is 5.77. The third-order valence-electron chi connectivity index (χ3n) is 1.78. The van der Waals surface area contributed by atoms with Crippen LogP contribution < -0.4 is 5.73 Å². The van der Waals surface area contributed by atoms with Crippen LogP contribution in [0, 0.1) is 5.92 Å². The molecule has 0 spiro atoms.